The number of carbonyl (C=O) groups excluding carboxylic acids is 1. The smallest absolute Gasteiger partial charge is 0.407 e. The summed E-state index contributed by atoms with van der Waals surface area (Å²) >= 11 is 0. The molecule has 156 valence electrons. The molecule has 1 aliphatic heterocycles. The third kappa shape index (κ3) is 4.67. The maximum Gasteiger partial charge on any atom is 0.407 e. The summed E-state index contributed by atoms with van der Waals surface area (Å²) in [5, 5.41) is 13.9. The summed E-state index contributed by atoms with van der Waals surface area (Å²) in [6, 6.07) is 6.80. The number of amides is 1. The van der Waals surface area contributed by atoms with Crippen molar-refractivity contribution >= 4 is 17.7 Å². The van der Waals surface area contributed by atoms with E-state index < -0.39 is 12.5 Å². The Morgan fingerprint density at radius 2 is 2.23 bits per heavy atom. The van der Waals surface area contributed by atoms with Crippen molar-refractivity contribution in [2.75, 3.05) is 11.9 Å². The van der Waals surface area contributed by atoms with Crippen LogP contribution in [0.2, 0.25) is 0 Å². The van der Waals surface area contributed by atoms with Crippen molar-refractivity contribution in [3.05, 3.63) is 47.9 Å². The van der Waals surface area contributed by atoms with E-state index in [1.165, 1.54) is 12.3 Å². The summed E-state index contributed by atoms with van der Waals surface area (Å²) < 4.78 is 32.5. The van der Waals surface area contributed by atoms with E-state index in [1.807, 2.05) is 25.1 Å². The van der Waals surface area contributed by atoms with Gasteiger partial charge in [0.05, 0.1) is 12.7 Å². The molecule has 30 heavy (non-hydrogen) atoms. The molecular weight excluding hydrogens is 396 g/mol. The van der Waals surface area contributed by atoms with Crippen molar-refractivity contribution < 1.29 is 18.3 Å². The molecule has 0 saturated carbocycles. The number of nitrogens with zero attached hydrogens (tertiary/aromatic N) is 5. The number of carbonyl (C=O) groups is 1. The molecule has 0 spiro atoms. The summed E-state index contributed by atoms with van der Waals surface area (Å²) in [6.45, 7) is 2.96. The van der Waals surface area contributed by atoms with Crippen LogP contribution >= 0.6 is 0 Å². The number of alkyl carbamates (subject to hydrolysis) is 1. The molecule has 1 saturated heterocycles. The fourth-order valence-corrected chi connectivity index (χ4v) is 3.10. The minimum absolute atomic E-state index is 0.0905. The Hall–Kier alpha value is -3.63. The van der Waals surface area contributed by atoms with Crippen LogP contribution in [0.25, 0.3) is 11.3 Å². The van der Waals surface area contributed by atoms with Gasteiger partial charge in [0.25, 0.3) is 6.43 Å². The standard InChI is InChI=1S/C19H19F2N7O2/c1-11-6-12(8-13(7-11)24-18-22-4-2-15(25-18)17(20)21)16-10-28(27-26-16)5-3-14-9-23-19(29)30-14/h2,4,6-8,10,14,17H,3,5,9H2,1H3,(H,23,29)(H,22,24,25). The Balaban J connectivity index is 1.47. The van der Waals surface area contributed by atoms with Crippen LogP contribution in [-0.2, 0) is 11.3 Å². The molecule has 2 aromatic heterocycles. The Kier molecular flexibility index (Phi) is 5.50. The van der Waals surface area contributed by atoms with E-state index in [9.17, 15) is 13.6 Å². The summed E-state index contributed by atoms with van der Waals surface area (Å²) in [5.74, 6) is 0.0905. The van der Waals surface area contributed by atoms with Crippen molar-refractivity contribution in [3.8, 4) is 11.3 Å². The number of halogens is 2. The third-order valence-electron chi connectivity index (χ3n) is 4.50. The monoisotopic (exact) mass is 415 g/mol. The Morgan fingerprint density at radius 3 is 3.00 bits per heavy atom. The molecule has 3 aromatic rings. The van der Waals surface area contributed by atoms with Crippen LogP contribution in [0.3, 0.4) is 0 Å². The molecule has 11 heteroatoms. The average Bonchev–Trinajstić information content (AvgIpc) is 3.35. The van der Waals surface area contributed by atoms with Crippen molar-refractivity contribution in [1.82, 2.24) is 30.3 Å². The van der Waals surface area contributed by atoms with Crippen LogP contribution < -0.4 is 10.6 Å². The maximum absolute atomic E-state index is 12.9. The molecule has 1 atom stereocenters. The number of alkyl halides is 2. The zero-order valence-electron chi connectivity index (χ0n) is 16.0. The number of rotatable bonds is 7. The highest BCUT2D eigenvalue weighted by Crippen LogP contribution is 2.25. The molecule has 9 nitrogen and oxygen atoms in total. The predicted molar refractivity (Wildman–Crippen MR) is 103 cm³/mol. The molecule has 3 heterocycles. The second kappa shape index (κ2) is 8.39. The zero-order valence-corrected chi connectivity index (χ0v) is 16.0. The molecule has 1 amide bonds. The van der Waals surface area contributed by atoms with E-state index in [0.717, 1.165) is 11.1 Å². The van der Waals surface area contributed by atoms with Gasteiger partial charge in [-0.1, -0.05) is 5.21 Å². The van der Waals surface area contributed by atoms with Gasteiger partial charge in [-0.15, -0.1) is 5.10 Å². The molecular formula is C19H19F2N7O2. The lowest BCUT2D eigenvalue weighted by atomic mass is 10.1. The summed E-state index contributed by atoms with van der Waals surface area (Å²) in [7, 11) is 0. The second-order valence-corrected chi connectivity index (χ2v) is 6.88. The Labute approximate surface area is 170 Å². The lowest BCUT2D eigenvalue weighted by Crippen LogP contribution is -2.16. The third-order valence-corrected chi connectivity index (χ3v) is 4.50. The van der Waals surface area contributed by atoms with E-state index >= 15 is 0 Å². The second-order valence-electron chi connectivity index (χ2n) is 6.88. The lowest BCUT2D eigenvalue weighted by molar-refractivity contribution is 0.132. The topological polar surface area (TPSA) is 107 Å². The number of nitrogens with one attached hydrogen (secondary N) is 2. The van der Waals surface area contributed by atoms with Crippen LogP contribution in [0.15, 0.2) is 36.7 Å². The minimum Gasteiger partial charge on any atom is -0.444 e. The molecule has 2 N–H and O–H groups in total. The summed E-state index contributed by atoms with van der Waals surface area (Å²) in [6.07, 6.45) is 0.471. The number of hydrogen-bond donors (Lipinski definition) is 2. The van der Waals surface area contributed by atoms with Gasteiger partial charge in [0.15, 0.2) is 0 Å². The number of anilines is 2. The van der Waals surface area contributed by atoms with Gasteiger partial charge in [-0.05, 0) is 36.8 Å². The van der Waals surface area contributed by atoms with Gasteiger partial charge in [0.2, 0.25) is 5.95 Å². The van der Waals surface area contributed by atoms with Crippen LogP contribution in [0.5, 0.6) is 0 Å². The quantitative estimate of drug-likeness (QED) is 0.610. The van der Waals surface area contributed by atoms with E-state index in [1.54, 1.807) is 10.9 Å². The van der Waals surface area contributed by atoms with Crippen molar-refractivity contribution in [2.24, 2.45) is 0 Å². The van der Waals surface area contributed by atoms with Crippen LogP contribution in [0.4, 0.5) is 25.2 Å². The van der Waals surface area contributed by atoms with Gasteiger partial charge in [-0.2, -0.15) is 0 Å². The van der Waals surface area contributed by atoms with E-state index in [0.29, 0.717) is 30.9 Å². The van der Waals surface area contributed by atoms with Gasteiger partial charge in [0.1, 0.15) is 17.5 Å². The van der Waals surface area contributed by atoms with Crippen LogP contribution in [0.1, 0.15) is 24.1 Å². The van der Waals surface area contributed by atoms with Crippen molar-refractivity contribution in [1.29, 1.82) is 0 Å². The summed E-state index contributed by atoms with van der Waals surface area (Å²) in [5.41, 5.74) is 2.72. The predicted octanol–water partition coefficient (Wildman–Crippen LogP) is 3.22. The number of cyclic esters (lactones) is 1. The molecule has 4 rings (SSSR count). The molecule has 0 radical (unpaired) electrons. The van der Waals surface area contributed by atoms with E-state index in [-0.39, 0.29) is 17.7 Å². The van der Waals surface area contributed by atoms with Gasteiger partial charge in [0, 0.05) is 30.4 Å². The molecule has 0 bridgehead atoms. The maximum atomic E-state index is 12.9. The first kappa shape index (κ1) is 19.7. The highest BCUT2D eigenvalue weighted by atomic mass is 19.3. The van der Waals surface area contributed by atoms with E-state index in [4.69, 9.17) is 4.74 Å². The normalized spacial score (nSPS) is 15.9. The number of ether oxygens (including phenoxy) is 1. The SMILES string of the molecule is Cc1cc(Nc2nccc(C(F)F)n2)cc(-c2cn(CCC3CNC(=O)O3)nn2)c1. The summed E-state index contributed by atoms with van der Waals surface area (Å²) in [4.78, 5) is 18.9. The first-order valence-corrected chi connectivity index (χ1v) is 9.31. The minimum atomic E-state index is -2.67. The van der Waals surface area contributed by atoms with Crippen LogP contribution in [0, 0.1) is 6.92 Å². The van der Waals surface area contributed by atoms with Crippen LogP contribution in [-0.4, -0.2) is 43.7 Å². The highest BCUT2D eigenvalue weighted by molar-refractivity contribution is 5.69. The molecule has 1 aromatic carbocycles. The van der Waals surface area contributed by atoms with Crippen molar-refractivity contribution in [3.63, 3.8) is 0 Å². The number of hydrogen-bond acceptors (Lipinski definition) is 7. The Morgan fingerprint density at radius 1 is 1.37 bits per heavy atom. The van der Waals surface area contributed by atoms with Gasteiger partial charge in [-0.25, -0.2) is 23.5 Å². The largest absolute Gasteiger partial charge is 0.444 e. The fourth-order valence-electron chi connectivity index (χ4n) is 3.10. The number of aromatic nitrogens is 5. The number of benzene rings is 1. The van der Waals surface area contributed by atoms with E-state index in [2.05, 4.69) is 30.9 Å². The lowest BCUT2D eigenvalue weighted by Gasteiger charge is -2.09. The highest BCUT2D eigenvalue weighted by Gasteiger charge is 2.22. The zero-order chi connectivity index (χ0) is 21.1. The molecule has 1 aliphatic rings. The first-order chi connectivity index (χ1) is 14.5. The fraction of sp³-hybridized carbons (Fsp3) is 0.316. The first-order valence-electron chi connectivity index (χ1n) is 9.31. The number of aryl methyl sites for hydroxylation is 2. The van der Waals surface area contributed by atoms with Gasteiger partial charge < -0.3 is 15.4 Å². The Bertz CT molecular complexity index is 1060. The molecule has 1 unspecified atom stereocenters. The molecule has 0 aliphatic carbocycles. The molecule has 1 fully saturated rings. The van der Waals surface area contributed by atoms with Gasteiger partial charge in [-0.3, -0.25) is 4.68 Å². The average molecular weight is 415 g/mol. The van der Waals surface area contributed by atoms with Crippen molar-refractivity contribution in [2.45, 2.75) is 32.4 Å². The van der Waals surface area contributed by atoms with Gasteiger partial charge >= 0.3 is 6.09 Å².